The minimum absolute atomic E-state index is 0.0294. The number of methoxy groups -OCH3 is 1. The summed E-state index contributed by atoms with van der Waals surface area (Å²) in [6.45, 7) is 4.32. The highest BCUT2D eigenvalue weighted by Gasteiger charge is 2.49. The van der Waals surface area contributed by atoms with Crippen molar-refractivity contribution in [2.45, 2.75) is 152 Å². The van der Waals surface area contributed by atoms with Crippen LogP contribution in [-0.2, 0) is 85.0 Å². The number of aromatic amines is 1. The third-order valence-electron chi connectivity index (χ3n) is 17.0. The molecule has 0 radical (unpaired) electrons. The van der Waals surface area contributed by atoms with Crippen LogP contribution in [0.3, 0.4) is 0 Å². The molecular weight excluding hydrogens is 1200 g/mol. The number of fused-ring (bicyclic) bond motifs is 26. The highest BCUT2D eigenvalue weighted by Crippen LogP contribution is 2.31. The molecule has 5 heterocycles. The van der Waals surface area contributed by atoms with E-state index in [-0.39, 0.29) is 89.9 Å². The van der Waals surface area contributed by atoms with Crippen LogP contribution < -0.4 is 57.7 Å². The summed E-state index contributed by atoms with van der Waals surface area (Å²) in [6.07, 6.45) is -1.30. The first kappa shape index (κ1) is 69.0. The van der Waals surface area contributed by atoms with E-state index in [1.165, 1.54) is 64.2 Å². The number of nitrogens with one attached hydrogen (secondary N) is 9. The number of nitrogens with two attached hydrogens (primary N) is 1. The molecule has 496 valence electrons. The Balaban J connectivity index is 1.15. The third-order valence-corrected chi connectivity index (χ3v) is 17.0. The Morgan fingerprint density at radius 2 is 1.44 bits per heavy atom. The molecule has 1 unspecified atom stereocenters. The molecule has 4 aliphatic rings. The van der Waals surface area contributed by atoms with Gasteiger partial charge in [-0.05, 0) is 117 Å². The largest absolute Gasteiger partial charge is 0.497 e. The van der Waals surface area contributed by atoms with Crippen LogP contribution in [0.1, 0.15) is 93.5 Å². The number of primary amides is 1. The monoisotopic (exact) mass is 1280 g/mol. The van der Waals surface area contributed by atoms with Gasteiger partial charge in [0, 0.05) is 82.2 Å². The van der Waals surface area contributed by atoms with Crippen LogP contribution in [-0.4, -0.2) is 173 Å². The molecule has 4 aliphatic heterocycles. The number of amides is 11. The van der Waals surface area contributed by atoms with E-state index >= 15 is 14.4 Å². The van der Waals surface area contributed by atoms with Gasteiger partial charge in [-0.2, -0.15) is 0 Å². The highest BCUT2D eigenvalue weighted by atomic mass is 19.1. The van der Waals surface area contributed by atoms with Gasteiger partial charge in [-0.3, -0.25) is 52.7 Å². The van der Waals surface area contributed by atoms with Gasteiger partial charge >= 0.3 is 0 Å². The first-order valence-electron chi connectivity index (χ1n) is 31.0. The summed E-state index contributed by atoms with van der Waals surface area (Å²) in [5.41, 5.74) is 7.34. The molecule has 5 aromatic rings. The van der Waals surface area contributed by atoms with Crippen molar-refractivity contribution in [1.29, 1.82) is 0 Å². The van der Waals surface area contributed by atoms with E-state index in [2.05, 4.69) is 47.5 Å². The lowest BCUT2D eigenvalue weighted by Gasteiger charge is -2.37. The normalized spacial score (nSPS) is 24.7. The number of aromatic nitrogens is 1. The Hall–Kier alpha value is -9.92. The number of benzene rings is 4. The van der Waals surface area contributed by atoms with E-state index in [1.807, 2.05) is 0 Å². The molecule has 27 heteroatoms. The van der Waals surface area contributed by atoms with Crippen molar-refractivity contribution in [2.75, 3.05) is 33.9 Å². The first-order valence-corrected chi connectivity index (χ1v) is 31.0. The number of likely N-dealkylation sites (N-methyl/N-ethyl adjacent to an activating group) is 1. The Kier molecular flexibility index (Phi) is 23.3. The van der Waals surface area contributed by atoms with Crippen LogP contribution in [0.4, 0.5) is 4.39 Å². The lowest BCUT2D eigenvalue weighted by atomic mass is 9.94. The van der Waals surface area contributed by atoms with Crippen molar-refractivity contribution >= 4 is 75.9 Å². The van der Waals surface area contributed by atoms with Crippen LogP contribution in [0.15, 0.2) is 97.2 Å². The summed E-state index contributed by atoms with van der Waals surface area (Å²) < 4.78 is 26.1. The number of halogens is 1. The summed E-state index contributed by atoms with van der Waals surface area (Å²) in [5.74, 6) is -8.20. The Labute approximate surface area is 536 Å². The van der Waals surface area contributed by atoms with Crippen molar-refractivity contribution in [2.24, 2.45) is 5.73 Å². The van der Waals surface area contributed by atoms with Gasteiger partial charge in [0.2, 0.25) is 65.0 Å². The molecule has 4 aromatic carbocycles. The summed E-state index contributed by atoms with van der Waals surface area (Å²) in [7, 11) is 2.71. The van der Waals surface area contributed by atoms with E-state index in [0.717, 1.165) is 4.90 Å². The fourth-order valence-electron chi connectivity index (χ4n) is 11.7. The zero-order chi connectivity index (χ0) is 67.1. The second-order valence-electron chi connectivity index (χ2n) is 24.0. The van der Waals surface area contributed by atoms with Crippen LogP contribution in [0.5, 0.6) is 11.5 Å². The second-order valence-corrected chi connectivity index (χ2v) is 24.0. The van der Waals surface area contributed by atoms with Crippen LogP contribution in [0, 0.1) is 5.82 Å². The average molecular weight is 1290 g/mol. The van der Waals surface area contributed by atoms with Gasteiger partial charge in [0.1, 0.15) is 71.8 Å². The maximum atomic E-state index is 15.3. The van der Waals surface area contributed by atoms with E-state index in [0.29, 0.717) is 56.6 Å². The quantitative estimate of drug-likeness (QED) is 0.107. The molecular formula is C66H81FN12O14. The van der Waals surface area contributed by atoms with Gasteiger partial charge in [-0.15, -0.1) is 0 Å². The lowest BCUT2D eigenvalue weighted by Crippen LogP contribution is -2.64. The van der Waals surface area contributed by atoms with Crippen LogP contribution in [0.2, 0.25) is 0 Å². The molecule has 12 N–H and O–H groups in total. The number of nitrogens with zero attached hydrogens (tertiary/aromatic N) is 2. The van der Waals surface area contributed by atoms with Gasteiger partial charge in [0.15, 0.2) is 0 Å². The fraction of sp³-hybridized carbons (Fsp3) is 0.439. The van der Waals surface area contributed by atoms with Crippen molar-refractivity contribution in [3.63, 3.8) is 0 Å². The summed E-state index contributed by atoms with van der Waals surface area (Å²) in [5, 5.41) is 33.4. The van der Waals surface area contributed by atoms with E-state index in [4.69, 9.17) is 15.2 Å². The maximum absolute atomic E-state index is 15.3. The highest BCUT2D eigenvalue weighted by molar-refractivity contribution is 6.00. The molecule has 1 fully saturated rings. The zero-order valence-corrected chi connectivity index (χ0v) is 52.6. The molecule has 9 atom stereocenters. The van der Waals surface area contributed by atoms with Crippen molar-refractivity contribution < 1.29 is 71.7 Å². The molecule has 93 heavy (non-hydrogen) atoms. The number of H-pyrrole nitrogens is 1. The Morgan fingerprint density at radius 1 is 0.742 bits per heavy atom. The molecule has 9 rings (SSSR count). The SMILES string of the molecule is COc1ccc(C[C@@H]2NC(=O)[C@H]([C@@H](C)O)NC(=O)[C@@H]3CCC(=O)NCc4cccc(c4)C[C@H](NC(=O)[C@@H](C)NC(=O)CCCC(=O)NCCOc4ccc(cc4)C[C@@H](C(N)=O)NC(=O)C4(C)CCCN4C2=O)C(=O)N[C@@H](Cc2c[nH]c4ccc(F)cc24)C(=O)N3C)cc1. The zero-order valence-electron chi connectivity index (χ0n) is 52.6. The number of carbonyl (C=O) groups excluding carboxylic acids is 11. The Bertz CT molecular complexity index is 3580. The van der Waals surface area contributed by atoms with Gasteiger partial charge in [0.25, 0.3) is 0 Å². The van der Waals surface area contributed by atoms with Crippen molar-refractivity contribution in [3.05, 3.63) is 131 Å². The number of ether oxygens (including phenoxy) is 2. The van der Waals surface area contributed by atoms with E-state index < -0.39 is 125 Å². The number of hydrogen-bond donors (Lipinski definition) is 11. The molecule has 1 saturated heterocycles. The van der Waals surface area contributed by atoms with Gasteiger partial charge in [0.05, 0.1) is 19.8 Å². The number of carbonyl (C=O) groups is 11. The standard InChI is InChI=1S/C66H81FN12O14/c1-37-59(85)73-50-32-41-9-6-10-42(29-41)35-71-55(82)24-23-53(78(4)63(89)52(74-60(50)86)33-43-36-70-48-22-17-44(67)34-47(43)48)61(87)77-57(38(2)80)62(88)75-51(31-40-13-18-45(92-5)19-14-40)64(90)79-27-8-25-66(79,3)65(91)76-49(58(68)84)30-39-15-20-46(21-16-39)93-28-26-69-54(81)11-7-12-56(83)72-37/h6,9-10,13-22,29,34,36-38,49-53,57,70,80H,7-8,11-12,23-28,30-33,35H2,1-5H3,(H2,68,84)(H,69,81)(H,71,82)(H,72,83)(H,73,85)(H,74,86)(H,75,88)(H,76,91)(H,77,87)/t37-,38-,49+,50+,51+,52+,53+,57+,66?/m1/s1. The number of hydrogen-bond acceptors (Lipinski definition) is 14. The van der Waals surface area contributed by atoms with Gasteiger partial charge in [-0.1, -0.05) is 48.5 Å². The molecule has 11 amide bonds. The van der Waals surface area contributed by atoms with Crippen LogP contribution in [0.25, 0.3) is 10.9 Å². The number of aliphatic hydroxyl groups is 1. The number of rotatable bonds is 7. The van der Waals surface area contributed by atoms with Crippen molar-refractivity contribution in [3.8, 4) is 11.5 Å². The summed E-state index contributed by atoms with van der Waals surface area (Å²) in [6, 6.07) is 13.5. The predicted octanol–water partition coefficient (Wildman–Crippen LogP) is 0.678. The predicted molar refractivity (Wildman–Crippen MR) is 336 cm³/mol. The average Bonchev–Trinajstić information content (AvgIpc) is 1.72. The minimum Gasteiger partial charge on any atom is -0.497 e. The lowest BCUT2D eigenvalue weighted by molar-refractivity contribution is -0.147. The second kappa shape index (κ2) is 31.4. The van der Waals surface area contributed by atoms with E-state index in [9.17, 15) is 47.9 Å². The first-order chi connectivity index (χ1) is 44.4. The van der Waals surface area contributed by atoms with Crippen molar-refractivity contribution in [1.82, 2.24) is 57.3 Å². The molecule has 0 aliphatic carbocycles. The molecule has 26 nitrogen and oxygen atoms in total. The molecule has 0 spiro atoms. The topological polar surface area (TPSA) is 371 Å². The number of aliphatic hydroxyl groups excluding tert-OH is 1. The smallest absolute Gasteiger partial charge is 0.246 e. The summed E-state index contributed by atoms with van der Waals surface area (Å²) in [4.78, 5) is 162. The van der Waals surface area contributed by atoms with E-state index in [1.54, 1.807) is 72.8 Å². The molecule has 1 aromatic heterocycles. The molecule has 0 saturated carbocycles. The van der Waals surface area contributed by atoms with Gasteiger partial charge in [-0.25, -0.2) is 4.39 Å². The van der Waals surface area contributed by atoms with Gasteiger partial charge < -0.3 is 77.6 Å². The molecule has 6 bridgehead atoms. The maximum Gasteiger partial charge on any atom is 0.246 e. The third kappa shape index (κ3) is 18.2. The van der Waals surface area contributed by atoms with Crippen LogP contribution >= 0.6 is 0 Å². The Morgan fingerprint density at radius 3 is 2.16 bits per heavy atom. The summed E-state index contributed by atoms with van der Waals surface area (Å²) >= 11 is 0. The fourth-order valence-corrected chi connectivity index (χ4v) is 11.7. The minimum atomic E-state index is -1.85.